The second-order valence-electron chi connectivity index (χ2n) is 4.49. The van der Waals surface area contributed by atoms with Gasteiger partial charge < -0.3 is 10.6 Å². The van der Waals surface area contributed by atoms with Gasteiger partial charge in [0.05, 0.1) is 6.61 Å². The Morgan fingerprint density at radius 3 is 1.70 bits per heavy atom. The van der Waals surface area contributed by atoms with Gasteiger partial charge in [0, 0.05) is 5.57 Å². The molecular weight excluding hydrogens is 320 g/mol. The fraction of sp³-hybridized carbons (Fsp3) is 0.800. The number of nitrogens with zero attached hydrogens (tertiary/aromatic N) is 1. The van der Waals surface area contributed by atoms with Crippen molar-refractivity contribution >= 4 is 16.3 Å². The minimum Gasteiger partial charge on any atom is -0.366 e. The summed E-state index contributed by atoms with van der Waals surface area (Å²) in [6.45, 7) is 15.4. The first-order valence-corrected chi connectivity index (χ1v) is 9.26. The Morgan fingerprint density at radius 2 is 1.57 bits per heavy atom. The van der Waals surface area contributed by atoms with Crippen molar-refractivity contribution in [1.29, 1.82) is 0 Å². The van der Waals surface area contributed by atoms with E-state index in [4.69, 9.17) is 10.3 Å². The van der Waals surface area contributed by atoms with E-state index in [9.17, 15) is 13.2 Å². The van der Waals surface area contributed by atoms with Crippen LogP contribution in [0.3, 0.4) is 0 Å². The van der Waals surface area contributed by atoms with Crippen LogP contribution in [0.1, 0.15) is 54.4 Å². The van der Waals surface area contributed by atoms with Crippen LogP contribution < -0.4 is 5.73 Å². The SMILES string of the molecule is CCCC=C(C)C(N)=O.CCN(CC)CC.CCOS(=O)(=O)O. The zero-order valence-electron chi connectivity index (χ0n) is 15.3. The van der Waals surface area contributed by atoms with E-state index in [0.717, 1.165) is 12.8 Å². The molecule has 0 saturated carbocycles. The third kappa shape index (κ3) is 26.3. The Kier molecular flexibility index (Phi) is 20.4. The standard InChI is InChI=1S/C7H13NO.C6H15N.C2H6O4S/c1-3-4-5-6(2)7(8)9;1-4-7(5-2)6-3;1-2-6-7(3,4)5/h5H,3-4H2,1-2H3,(H2,8,9);4-6H2,1-3H3;2H2,1H3,(H,3,4,5). The molecule has 0 aromatic rings. The van der Waals surface area contributed by atoms with E-state index in [1.54, 1.807) is 6.92 Å². The van der Waals surface area contributed by atoms with Gasteiger partial charge in [-0.25, -0.2) is 4.18 Å². The summed E-state index contributed by atoms with van der Waals surface area (Å²) in [5, 5.41) is 0. The first-order valence-electron chi connectivity index (χ1n) is 7.90. The van der Waals surface area contributed by atoms with Crippen LogP contribution in [0, 0.1) is 0 Å². The van der Waals surface area contributed by atoms with Crippen molar-refractivity contribution < 1.29 is 21.9 Å². The number of hydrogen-bond donors (Lipinski definition) is 2. The van der Waals surface area contributed by atoms with Gasteiger partial charge in [-0.2, -0.15) is 8.42 Å². The van der Waals surface area contributed by atoms with Crippen LogP contribution in [-0.2, 0) is 19.4 Å². The molecule has 140 valence electrons. The lowest BCUT2D eigenvalue weighted by molar-refractivity contribution is -0.114. The Morgan fingerprint density at radius 1 is 1.13 bits per heavy atom. The Hall–Kier alpha value is -0.960. The number of hydrogen-bond acceptors (Lipinski definition) is 5. The summed E-state index contributed by atoms with van der Waals surface area (Å²) in [6, 6.07) is 0. The average molecular weight is 355 g/mol. The molecule has 8 heteroatoms. The van der Waals surface area contributed by atoms with Crippen LogP contribution in [0.25, 0.3) is 0 Å². The number of unbranched alkanes of at least 4 members (excludes halogenated alkanes) is 1. The molecule has 1 amide bonds. The normalized spacial score (nSPS) is 11.2. The van der Waals surface area contributed by atoms with Crippen LogP contribution in [0.15, 0.2) is 11.6 Å². The number of carbonyl (C=O) groups is 1. The van der Waals surface area contributed by atoms with Crippen molar-refractivity contribution in [3.63, 3.8) is 0 Å². The molecule has 7 nitrogen and oxygen atoms in total. The number of nitrogens with two attached hydrogens (primary N) is 1. The molecule has 0 heterocycles. The van der Waals surface area contributed by atoms with Crippen molar-refractivity contribution in [3.05, 3.63) is 11.6 Å². The minimum atomic E-state index is -4.17. The van der Waals surface area contributed by atoms with E-state index in [1.165, 1.54) is 26.6 Å². The van der Waals surface area contributed by atoms with E-state index in [1.807, 2.05) is 6.08 Å². The molecule has 3 N–H and O–H groups in total. The summed E-state index contributed by atoms with van der Waals surface area (Å²) in [4.78, 5) is 12.7. The molecule has 0 saturated heterocycles. The molecule has 0 bridgehead atoms. The van der Waals surface area contributed by atoms with E-state index in [0.29, 0.717) is 5.57 Å². The number of allylic oxidation sites excluding steroid dienone is 1. The Balaban J connectivity index is -0.000000264. The quantitative estimate of drug-likeness (QED) is 0.511. The maximum Gasteiger partial charge on any atom is 0.397 e. The number of rotatable bonds is 8. The third-order valence-corrected chi connectivity index (χ3v) is 3.27. The van der Waals surface area contributed by atoms with Crippen molar-refractivity contribution in [2.45, 2.75) is 54.4 Å². The summed E-state index contributed by atoms with van der Waals surface area (Å²) in [5.41, 5.74) is 5.63. The maximum atomic E-state index is 10.4. The van der Waals surface area contributed by atoms with Gasteiger partial charge in [0.25, 0.3) is 0 Å². The summed E-state index contributed by atoms with van der Waals surface area (Å²) in [6.07, 6.45) is 3.86. The van der Waals surface area contributed by atoms with Crippen LogP contribution in [0.2, 0.25) is 0 Å². The summed E-state index contributed by atoms with van der Waals surface area (Å²) < 4.78 is 30.7. The fourth-order valence-corrected chi connectivity index (χ4v) is 1.58. The molecule has 0 aliphatic rings. The summed E-state index contributed by atoms with van der Waals surface area (Å²) in [7, 11) is -4.17. The molecular formula is C15H34N2O5S. The van der Waals surface area contributed by atoms with Gasteiger partial charge in [-0.1, -0.05) is 40.2 Å². The van der Waals surface area contributed by atoms with E-state index >= 15 is 0 Å². The van der Waals surface area contributed by atoms with E-state index in [2.05, 4.69) is 36.8 Å². The average Bonchev–Trinajstić information content (AvgIpc) is 2.46. The molecule has 0 aliphatic heterocycles. The molecule has 0 spiro atoms. The van der Waals surface area contributed by atoms with Gasteiger partial charge in [-0.15, -0.1) is 0 Å². The highest BCUT2D eigenvalue weighted by Gasteiger charge is 1.98. The van der Waals surface area contributed by atoms with Crippen molar-refractivity contribution in [1.82, 2.24) is 4.90 Å². The minimum absolute atomic E-state index is 0.0289. The molecule has 0 aliphatic carbocycles. The van der Waals surface area contributed by atoms with Crippen LogP contribution >= 0.6 is 0 Å². The molecule has 0 aromatic carbocycles. The second kappa shape index (κ2) is 17.4. The molecule has 0 unspecified atom stereocenters. The van der Waals surface area contributed by atoms with Crippen molar-refractivity contribution in [2.24, 2.45) is 5.73 Å². The van der Waals surface area contributed by atoms with Gasteiger partial charge in [0.15, 0.2) is 0 Å². The zero-order chi connectivity index (χ0) is 18.9. The van der Waals surface area contributed by atoms with E-state index < -0.39 is 10.4 Å². The Labute approximate surface area is 141 Å². The van der Waals surface area contributed by atoms with Crippen LogP contribution in [-0.4, -0.2) is 50.0 Å². The Bertz CT molecular complexity index is 399. The highest BCUT2D eigenvalue weighted by atomic mass is 32.3. The number of primary amides is 1. The monoisotopic (exact) mass is 354 g/mol. The lowest BCUT2D eigenvalue weighted by atomic mass is 10.2. The van der Waals surface area contributed by atoms with Gasteiger partial charge in [-0.05, 0) is 39.9 Å². The number of carbonyl (C=O) groups excluding carboxylic acids is 1. The van der Waals surface area contributed by atoms with Crippen molar-refractivity contribution in [3.8, 4) is 0 Å². The first-order chi connectivity index (χ1) is 10.6. The largest absolute Gasteiger partial charge is 0.397 e. The lowest BCUT2D eigenvalue weighted by Gasteiger charge is -2.13. The van der Waals surface area contributed by atoms with Crippen molar-refractivity contribution in [2.75, 3.05) is 26.2 Å². The van der Waals surface area contributed by atoms with Gasteiger partial charge in [-0.3, -0.25) is 9.35 Å². The smallest absolute Gasteiger partial charge is 0.366 e. The van der Waals surface area contributed by atoms with Gasteiger partial charge in [0.1, 0.15) is 0 Å². The third-order valence-electron chi connectivity index (χ3n) is 2.74. The zero-order valence-corrected chi connectivity index (χ0v) is 16.1. The van der Waals surface area contributed by atoms with Crippen LogP contribution in [0.5, 0.6) is 0 Å². The summed E-state index contributed by atoms with van der Waals surface area (Å²) in [5.74, 6) is -0.316. The van der Waals surface area contributed by atoms with Gasteiger partial charge in [0.2, 0.25) is 5.91 Å². The summed E-state index contributed by atoms with van der Waals surface area (Å²) >= 11 is 0. The molecule has 0 rings (SSSR count). The maximum absolute atomic E-state index is 10.4. The predicted octanol–water partition coefficient (Wildman–Crippen LogP) is 2.39. The molecule has 0 radical (unpaired) electrons. The molecule has 0 atom stereocenters. The second-order valence-corrected chi connectivity index (χ2v) is 5.58. The predicted molar refractivity (Wildman–Crippen MR) is 94.5 cm³/mol. The highest BCUT2D eigenvalue weighted by Crippen LogP contribution is 1.95. The van der Waals surface area contributed by atoms with Gasteiger partial charge >= 0.3 is 10.4 Å². The fourth-order valence-electron chi connectivity index (χ4n) is 1.28. The lowest BCUT2D eigenvalue weighted by Crippen LogP contribution is -2.21. The van der Waals surface area contributed by atoms with E-state index in [-0.39, 0.29) is 12.5 Å². The molecule has 0 fully saturated rings. The van der Waals surface area contributed by atoms with Crippen LogP contribution in [0.4, 0.5) is 0 Å². The molecule has 23 heavy (non-hydrogen) atoms. The number of amides is 1. The highest BCUT2D eigenvalue weighted by molar-refractivity contribution is 7.80. The first kappa shape index (κ1) is 26.9. The topological polar surface area (TPSA) is 110 Å². The molecule has 0 aromatic heterocycles.